The third-order valence-electron chi connectivity index (χ3n) is 2.66. The van der Waals surface area contributed by atoms with E-state index in [1.165, 1.54) is 6.20 Å². The van der Waals surface area contributed by atoms with Crippen LogP contribution in [0.5, 0.6) is 0 Å². The number of nitrogens with one attached hydrogen (secondary N) is 1. The molecule has 106 valence electrons. The first-order valence-corrected chi connectivity index (χ1v) is 6.09. The highest BCUT2D eigenvalue weighted by Gasteiger charge is 2.31. The van der Waals surface area contributed by atoms with Gasteiger partial charge in [-0.2, -0.15) is 0 Å². The van der Waals surface area contributed by atoms with Crippen molar-refractivity contribution in [2.24, 2.45) is 0 Å². The molecule has 0 aliphatic rings. The number of imidazole rings is 1. The molecule has 1 heterocycles. The van der Waals surface area contributed by atoms with E-state index in [-0.39, 0.29) is 12.6 Å². The summed E-state index contributed by atoms with van der Waals surface area (Å²) in [6.45, 7) is 5.67. The normalized spacial score (nSPS) is 13.9. The zero-order valence-electron chi connectivity index (χ0n) is 11.2. The number of hydrogen-bond donors (Lipinski definition) is 2. The van der Waals surface area contributed by atoms with Gasteiger partial charge in [-0.25, -0.2) is 9.78 Å². The Morgan fingerprint density at radius 1 is 1.63 bits per heavy atom. The summed E-state index contributed by atoms with van der Waals surface area (Å²) < 4.78 is 6.55. The van der Waals surface area contributed by atoms with E-state index in [0.717, 1.165) is 0 Å². The summed E-state index contributed by atoms with van der Waals surface area (Å²) in [5.41, 5.74) is 0.447. The largest absolute Gasteiger partial charge is 0.464 e. The number of carbonyl (C=O) groups is 2. The van der Waals surface area contributed by atoms with Gasteiger partial charge in [-0.3, -0.25) is 4.79 Å². The smallest absolute Gasteiger partial charge is 0.331 e. The van der Waals surface area contributed by atoms with Crippen LogP contribution in [0.1, 0.15) is 38.6 Å². The van der Waals surface area contributed by atoms with Gasteiger partial charge in [0.05, 0.1) is 24.8 Å². The molecule has 0 bridgehead atoms. The molecule has 0 fully saturated rings. The molecule has 19 heavy (non-hydrogen) atoms. The molecule has 1 amide bonds. The number of ether oxygens (including phenoxy) is 1. The van der Waals surface area contributed by atoms with E-state index in [2.05, 4.69) is 10.3 Å². The van der Waals surface area contributed by atoms with Crippen molar-refractivity contribution in [3.8, 4) is 0 Å². The second-order valence-electron chi connectivity index (χ2n) is 4.28. The van der Waals surface area contributed by atoms with E-state index >= 15 is 0 Å². The second-order valence-corrected chi connectivity index (χ2v) is 4.28. The Morgan fingerprint density at radius 3 is 2.84 bits per heavy atom. The topological polar surface area (TPSA) is 93.4 Å². The molecule has 0 saturated heterocycles. The highest BCUT2D eigenvalue weighted by Crippen LogP contribution is 2.20. The minimum absolute atomic E-state index is 0.0752. The van der Waals surface area contributed by atoms with Crippen LogP contribution in [0.4, 0.5) is 0 Å². The Labute approximate surface area is 111 Å². The number of esters is 1. The molecule has 0 aliphatic heterocycles. The van der Waals surface area contributed by atoms with Crippen LogP contribution in [0.3, 0.4) is 0 Å². The van der Waals surface area contributed by atoms with Crippen LogP contribution in [-0.2, 0) is 14.3 Å². The van der Waals surface area contributed by atoms with E-state index in [1.54, 1.807) is 17.8 Å². The summed E-state index contributed by atoms with van der Waals surface area (Å²) in [5, 5.41) is 12.5. The summed E-state index contributed by atoms with van der Waals surface area (Å²) in [4.78, 5) is 26.2. The fourth-order valence-corrected chi connectivity index (χ4v) is 1.74. The van der Waals surface area contributed by atoms with Crippen molar-refractivity contribution in [2.45, 2.75) is 39.0 Å². The number of aliphatic hydroxyl groups excluding tert-OH is 1. The van der Waals surface area contributed by atoms with Gasteiger partial charge >= 0.3 is 5.97 Å². The van der Waals surface area contributed by atoms with E-state index in [1.807, 2.05) is 13.8 Å². The second kappa shape index (κ2) is 6.89. The molecule has 0 radical (unpaired) electrons. The van der Waals surface area contributed by atoms with Crippen LogP contribution in [0, 0.1) is 0 Å². The van der Waals surface area contributed by atoms with Crippen LogP contribution in [0.25, 0.3) is 0 Å². The van der Waals surface area contributed by atoms with Gasteiger partial charge in [-0.05, 0) is 20.8 Å². The number of nitrogens with zero attached hydrogens (tertiary/aromatic N) is 2. The molecule has 0 aromatic carbocycles. The van der Waals surface area contributed by atoms with Crippen molar-refractivity contribution in [1.82, 2.24) is 14.9 Å². The lowest BCUT2D eigenvalue weighted by Gasteiger charge is -2.22. The lowest BCUT2D eigenvalue weighted by Crippen LogP contribution is -2.43. The van der Waals surface area contributed by atoms with E-state index < -0.39 is 18.1 Å². The van der Waals surface area contributed by atoms with Gasteiger partial charge in [0.1, 0.15) is 6.10 Å². The summed E-state index contributed by atoms with van der Waals surface area (Å²) in [7, 11) is 0. The van der Waals surface area contributed by atoms with Gasteiger partial charge in [0, 0.05) is 6.04 Å². The first-order valence-electron chi connectivity index (χ1n) is 6.09. The average Bonchev–Trinajstić information content (AvgIpc) is 2.84. The molecule has 2 atom stereocenters. The highest BCUT2D eigenvalue weighted by atomic mass is 16.5. The molecular formula is C12H19N3O4. The fourth-order valence-electron chi connectivity index (χ4n) is 1.74. The molecule has 0 aliphatic carbocycles. The Kier molecular flexibility index (Phi) is 5.50. The zero-order valence-corrected chi connectivity index (χ0v) is 11.2. The van der Waals surface area contributed by atoms with Crippen LogP contribution in [0.2, 0.25) is 0 Å². The third-order valence-corrected chi connectivity index (χ3v) is 2.66. The van der Waals surface area contributed by atoms with Gasteiger partial charge in [0.25, 0.3) is 0 Å². The number of rotatable bonds is 7. The van der Waals surface area contributed by atoms with Crippen LogP contribution >= 0.6 is 0 Å². The van der Waals surface area contributed by atoms with Gasteiger partial charge < -0.3 is 19.7 Å². The molecule has 2 N–H and O–H groups in total. The standard InChI is InChI=1S/C12H19N3O4/c1-4-19-12(18)10(14-7-16)11(17)9-5-13-6-15(9)8(2)3/h5-8,10-11,17H,4H2,1-3H3,(H,14,16). The maximum Gasteiger partial charge on any atom is 0.331 e. The van der Waals surface area contributed by atoms with Gasteiger partial charge in [-0.15, -0.1) is 0 Å². The van der Waals surface area contributed by atoms with Crippen molar-refractivity contribution in [1.29, 1.82) is 0 Å². The maximum absolute atomic E-state index is 11.7. The Bertz CT molecular complexity index is 430. The molecular weight excluding hydrogens is 250 g/mol. The predicted molar refractivity (Wildman–Crippen MR) is 67.2 cm³/mol. The molecule has 1 rings (SSSR count). The number of hydrogen-bond acceptors (Lipinski definition) is 5. The summed E-state index contributed by atoms with van der Waals surface area (Å²) in [5.74, 6) is -0.682. The molecule has 2 unspecified atom stereocenters. The maximum atomic E-state index is 11.7. The van der Waals surface area contributed by atoms with Crippen LogP contribution < -0.4 is 5.32 Å². The number of amides is 1. The molecule has 1 aromatic heterocycles. The summed E-state index contributed by atoms with van der Waals surface area (Å²) >= 11 is 0. The lowest BCUT2D eigenvalue weighted by molar-refractivity contribution is -0.150. The van der Waals surface area contributed by atoms with Gasteiger partial charge in [0.2, 0.25) is 6.41 Å². The molecule has 7 nitrogen and oxygen atoms in total. The monoisotopic (exact) mass is 269 g/mol. The van der Waals surface area contributed by atoms with Crippen LogP contribution in [-0.4, -0.2) is 39.7 Å². The van der Waals surface area contributed by atoms with E-state index in [0.29, 0.717) is 12.1 Å². The summed E-state index contributed by atoms with van der Waals surface area (Å²) in [6.07, 6.45) is 2.17. The minimum atomic E-state index is -1.21. The zero-order chi connectivity index (χ0) is 14.4. The quantitative estimate of drug-likeness (QED) is 0.544. The summed E-state index contributed by atoms with van der Waals surface area (Å²) in [6, 6.07) is -1.07. The number of carbonyl (C=O) groups excluding carboxylic acids is 2. The van der Waals surface area contributed by atoms with Crippen molar-refractivity contribution in [2.75, 3.05) is 6.61 Å². The predicted octanol–water partition coefficient (Wildman–Crippen LogP) is 0.175. The lowest BCUT2D eigenvalue weighted by atomic mass is 10.1. The van der Waals surface area contributed by atoms with Gasteiger partial charge in [-0.1, -0.05) is 0 Å². The van der Waals surface area contributed by atoms with E-state index in [4.69, 9.17) is 4.74 Å². The minimum Gasteiger partial charge on any atom is -0.464 e. The Hall–Kier alpha value is -1.89. The first kappa shape index (κ1) is 15.2. The van der Waals surface area contributed by atoms with Crippen molar-refractivity contribution >= 4 is 12.4 Å². The van der Waals surface area contributed by atoms with E-state index in [9.17, 15) is 14.7 Å². The third kappa shape index (κ3) is 3.54. The SMILES string of the molecule is CCOC(=O)C(NC=O)C(O)c1cncn1C(C)C. The molecule has 7 heteroatoms. The first-order chi connectivity index (χ1) is 9.02. The average molecular weight is 269 g/mol. The molecule has 0 spiro atoms. The Morgan fingerprint density at radius 2 is 2.32 bits per heavy atom. The fraction of sp³-hybridized carbons (Fsp3) is 0.583. The van der Waals surface area contributed by atoms with Crippen LogP contribution in [0.15, 0.2) is 12.5 Å². The van der Waals surface area contributed by atoms with Crippen molar-refractivity contribution in [3.63, 3.8) is 0 Å². The van der Waals surface area contributed by atoms with Crippen molar-refractivity contribution < 1.29 is 19.4 Å². The number of aliphatic hydroxyl groups is 1. The Balaban J connectivity index is 2.98. The van der Waals surface area contributed by atoms with Gasteiger partial charge in [0.15, 0.2) is 6.04 Å². The molecule has 1 aromatic rings. The highest BCUT2D eigenvalue weighted by molar-refractivity contribution is 5.79. The number of aromatic nitrogens is 2. The molecule has 0 saturated carbocycles. The van der Waals surface area contributed by atoms with Crippen molar-refractivity contribution in [3.05, 3.63) is 18.2 Å².